The summed E-state index contributed by atoms with van der Waals surface area (Å²) in [6.07, 6.45) is 0.923. The molecule has 2 aromatic rings. The lowest BCUT2D eigenvalue weighted by atomic mass is 9.99. The monoisotopic (exact) mass is 301 g/mol. The number of hydrogen-bond donors (Lipinski definition) is 3. The summed E-state index contributed by atoms with van der Waals surface area (Å²) in [6, 6.07) is 12.8. The maximum atomic E-state index is 12.1. The molecule has 0 atom stereocenters. The zero-order valence-electron chi connectivity index (χ0n) is 11.4. The Kier molecular flexibility index (Phi) is 4.08. The Hall–Kier alpha value is -2.04. The number of carbonyl (C=O) groups excluding carboxylic acids is 1. The van der Waals surface area contributed by atoms with Crippen LogP contribution in [0.5, 0.6) is 0 Å². The molecule has 0 fully saturated rings. The standard InChI is InChI=1S/C16H16ClN3O/c17-12-4-6-13(7-5-12)19-16(21)20-15-3-1-2-11-10-18-9-8-14(11)15/h1-7,18H,8-10H2,(H2,19,20,21). The van der Waals surface area contributed by atoms with E-state index in [2.05, 4.69) is 22.0 Å². The number of nitrogens with one attached hydrogen (secondary N) is 3. The van der Waals surface area contributed by atoms with Gasteiger partial charge in [0.1, 0.15) is 0 Å². The van der Waals surface area contributed by atoms with E-state index >= 15 is 0 Å². The van der Waals surface area contributed by atoms with Crippen molar-refractivity contribution in [2.75, 3.05) is 17.2 Å². The molecule has 2 amide bonds. The minimum atomic E-state index is -0.246. The molecule has 3 N–H and O–H groups in total. The predicted octanol–water partition coefficient (Wildman–Crippen LogP) is 3.63. The van der Waals surface area contributed by atoms with E-state index in [1.165, 1.54) is 11.1 Å². The van der Waals surface area contributed by atoms with Crippen molar-refractivity contribution in [1.29, 1.82) is 0 Å². The lowest BCUT2D eigenvalue weighted by molar-refractivity contribution is 0.262. The van der Waals surface area contributed by atoms with Crippen molar-refractivity contribution in [2.45, 2.75) is 13.0 Å². The van der Waals surface area contributed by atoms with Gasteiger partial charge in [-0.2, -0.15) is 0 Å². The van der Waals surface area contributed by atoms with Crippen LogP contribution < -0.4 is 16.0 Å². The zero-order chi connectivity index (χ0) is 14.7. The van der Waals surface area contributed by atoms with Gasteiger partial charge >= 0.3 is 6.03 Å². The first-order valence-corrected chi connectivity index (χ1v) is 7.25. The molecule has 0 aromatic heterocycles. The fourth-order valence-electron chi connectivity index (χ4n) is 2.47. The molecule has 0 saturated heterocycles. The zero-order valence-corrected chi connectivity index (χ0v) is 12.2. The number of benzene rings is 2. The van der Waals surface area contributed by atoms with Crippen molar-refractivity contribution in [2.24, 2.45) is 0 Å². The summed E-state index contributed by atoms with van der Waals surface area (Å²) in [5, 5.41) is 9.69. The van der Waals surface area contributed by atoms with Crippen LogP contribution >= 0.6 is 11.6 Å². The van der Waals surface area contributed by atoms with Gasteiger partial charge in [0, 0.05) is 22.9 Å². The summed E-state index contributed by atoms with van der Waals surface area (Å²) >= 11 is 5.82. The second-order valence-corrected chi connectivity index (χ2v) is 5.39. The predicted molar refractivity (Wildman–Crippen MR) is 85.9 cm³/mol. The highest BCUT2D eigenvalue weighted by Crippen LogP contribution is 2.23. The van der Waals surface area contributed by atoms with Gasteiger partial charge in [0.15, 0.2) is 0 Å². The van der Waals surface area contributed by atoms with Crippen LogP contribution in [-0.4, -0.2) is 12.6 Å². The molecule has 0 saturated carbocycles. The minimum absolute atomic E-state index is 0.246. The van der Waals surface area contributed by atoms with E-state index in [0.717, 1.165) is 25.2 Å². The molecule has 21 heavy (non-hydrogen) atoms. The summed E-state index contributed by atoms with van der Waals surface area (Å²) in [5.74, 6) is 0. The van der Waals surface area contributed by atoms with E-state index in [1.54, 1.807) is 24.3 Å². The van der Waals surface area contributed by atoms with Crippen LogP contribution in [0, 0.1) is 0 Å². The largest absolute Gasteiger partial charge is 0.323 e. The number of carbonyl (C=O) groups is 1. The molecule has 0 radical (unpaired) electrons. The number of hydrogen-bond acceptors (Lipinski definition) is 2. The van der Waals surface area contributed by atoms with Crippen LogP contribution in [0.15, 0.2) is 42.5 Å². The van der Waals surface area contributed by atoms with E-state index in [9.17, 15) is 4.79 Å². The molecule has 0 aliphatic carbocycles. The Balaban J connectivity index is 1.71. The SMILES string of the molecule is O=C(Nc1ccc(Cl)cc1)Nc1cccc2c1CCNC2. The Morgan fingerprint density at radius 2 is 1.90 bits per heavy atom. The molecule has 108 valence electrons. The van der Waals surface area contributed by atoms with Gasteiger partial charge in [-0.15, -0.1) is 0 Å². The maximum absolute atomic E-state index is 12.1. The molecule has 4 nitrogen and oxygen atoms in total. The minimum Gasteiger partial charge on any atom is -0.312 e. The number of halogens is 1. The maximum Gasteiger partial charge on any atom is 0.323 e. The summed E-state index contributed by atoms with van der Waals surface area (Å²) in [5.41, 5.74) is 4.04. The van der Waals surface area contributed by atoms with E-state index in [-0.39, 0.29) is 6.03 Å². The Morgan fingerprint density at radius 3 is 2.71 bits per heavy atom. The lowest BCUT2D eigenvalue weighted by Gasteiger charge is -2.20. The summed E-state index contributed by atoms with van der Waals surface area (Å²) < 4.78 is 0. The van der Waals surface area contributed by atoms with E-state index in [1.807, 2.05) is 12.1 Å². The second-order valence-electron chi connectivity index (χ2n) is 4.96. The first kappa shape index (κ1) is 13.9. The van der Waals surface area contributed by atoms with Gasteiger partial charge in [0.25, 0.3) is 0 Å². The van der Waals surface area contributed by atoms with Crippen molar-refractivity contribution in [1.82, 2.24) is 5.32 Å². The van der Waals surface area contributed by atoms with Gasteiger partial charge < -0.3 is 16.0 Å². The fourth-order valence-corrected chi connectivity index (χ4v) is 2.59. The Morgan fingerprint density at radius 1 is 1.10 bits per heavy atom. The third-order valence-corrected chi connectivity index (χ3v) is 3.74. The van der Waals surface area contributed by atoms with Gasteiger partial charge in [-0.3, -0.25) is 0 Å². The lowest BCUT2D eigenvalue weighted by Crippen LogP contribution is -2.26. The van der Waals surface area contributed by atoms with Crippen molar-refractivity contribution in [3.8, 4) is 0 Å². The summed E-state index contributed by atoms with van der Waals surface area (Å²) in [6.45, 7) is 1.79. The van der Waals surface area contributed by atoms with Crippen molar-refractivity contribution >= 4 is 29.0 Å². The Bertz CT molecular complexity index is 655. The second kappa shape index (κ2) is 6.16. The number of fused-ring (bicyclic) bond motifs is 1. The van der Waals surface area contributed by atoms with Crippen LogP contribution in [0.4, 0.5) is 16.2 Å². The topological polar surface area (TPSA) is 53.2 Å². The van der Waals surface area contributed by atoms with Gasteiger partial charge in [-0.1, -0.05) is 23.7 Å². The number of urea groups is 1. The molecule has 1 aliphatic rings. The average molecular weight is 302 g/mol. The molecule has 0 unspecified atom stereocenters. The highest BCUT2D eigenvalue weighted by Gasteiger charge is 2.13. The number of rotatable bonds is 2. The molecule has 5 heteroatoms. The normalized spacial score (nSPS) is 13.4. The quantitative estimate of drug-likeness (QED) is 0.793. The summed E-state index contributed by atoms with van der Waals surface area (Å²) in [7, 11) is 0. The van der Waals surface area contributed by atoms with Crippen LogP contribution in [0.2, 0.25) is 5.02 Å². The molecule has 3 rings (SSSR count). The van der Waals surface area contributed by atoms with Crippen molar-refractivity contribution in [3.63, 3.8) is 0 Å². The average Bonchev–Trinajstić information content (AvgIpc) is 2.50. The Labute approximate surface area is 128 Å². The van der Waals surface area contributed by atoms with Crippen LogP contribution in [0.3, 0.4) is 0 Å². The van der Waals surface area contributed by atoms with E-state index in [0.29, 0.717) is 10.7 Å². The molecule has 1 aliphatic heterocycles. The van der Waals surface area contributed by atoms with Gasteiger partial charge in [0.05, 0.1) is 0 Å². The third kappa shape index (κ3) is 3.35. The molecule has 0 spiro atoms. The highest BCUT2D eigenvalue weighted by molar-refractivity contribution is 6.30. The van der Waals surface area contributed by atoms with Crippen molar-refractivity contribution in [3.05, 3.63) is 58.6 Å². The van der Waals surface area contributed by atoms with Gasteiger partial charge in [0.2, 0.25) is 0 Å². The third-order valence-electron chi connectivity index (χ3n) is 3.49. The molecular weight excluding hydrogens is 286 g/mol. The van der Waals surface area contributed by atoms with E-state index in [4.69, 9.17) is 11.6 Å². The molecule has 2 aromatic carbocycles. The first-order valence-electron chi connectivity index (χ1n) is 6.87. The molecule has 0 bridgehead atoms. The molecule has 1 heterocycles. The van der Waals surface area contributed by atoms with Crippen LogP contribution in [0.25, 0.3) is 0 Å². The fraction of sp³-hybridized carbons (Fsp3) is 0.188. The number of amides is 2. The van der Waals surface area contributed by atoms with Gasteiger partial charge in [-0.05, 0) is 54.4 Å². The highest BCUT2D eigenvalue weighted by atomic mass is 35.5. The van der Waals surface area contributed by atoms with E-state index < -0.39 is 0 Å². The van der Waals surface area contributed by atoms with Crippen LogP contribution in [-0.2, 0) is 13.0 Å². The van der Waals surface area contributed by atoms with Gasteiger partial charge in [-0.25, -0.2) is 4.79 Å². The summed E-state index contributed by atoms with van der Waals surface area (Å²) in [4.78, 5) is 12.1. The number of anilines is 2. The van der Waals surface area contributed by atoms with Crippen molar-refractivity contribution < 1.29 is 4.79 Å². The molecular formula is C16H16ClN3O. The first-order chi connectivity index (χ1) is 10.2. The van der Waals surface area contributed by atoms with Crippen LogP contribution in [0.1, 0.15) is 11.1 Å². The smallest absolute Gasteiger partial charge is 0.312 e.